The number of fused-ring (bicyclic) bond motifs is 1. The number of carbonyl (C=O) groups is 1. The Kier molecular flexibility index (Phi) is 11.0. The van der Waals surface area contributed by atoms with E-state index in [2.05, 4.69) is 38.4 Å². The number of piperidine rings is 1. The van der Waals surface area contributed by atoms with Crippen molar-refractivity contribution in [1.82, 2.24) is 20.2 Å². The molecule has 3 atom stereocenters. The lowest BCUT2D eigenvalue weighted by Crippen LogP contribution is -2.46. The molecule has 2 saturated heterocycles. The first-order valence-corrected chi connectivity index (χ1v) is 19.1. The van der Waals surface area contributed by atoms with E-state index in [-0.39, 0.29) is 30.4 Å². The van der Waals surface area contributed by atoms with Crippen LogP contribution < -0.4 is 5.32 Å². The van der Waals surface area contributed by atoms with Gasteiger partial charge in [-0.1, -0.05) is 109 Å². The van der Waals surface area contributed by atoms with Gasteiger partial charge in [0.05, 0.1) is 41.6 Å². The highest BCUT2D eigenvalue weighted by Crippen LogP contribution is 2.40. The zero-order valence-corrected chi connectivity index (χ0v) is 31.1. The van der Waals surface area contributed by atoms with Gasteiger partial charge in [-0.15, -0.1) is 0 Å². The van der Waals surface area contributed by atoms with Crippen molar-refractivity contribution in [2.45, 2.75) is 56.5 Å². The minimum absolute atomic E-state index is 0.0154. The van der Waals surface area contributed by atoms with Gasteiger partial charge in [0, 0.05) is 43.2 Å². The zero-order valence-electron chi connectivity index (χ0n) is 30.4. The molecule has 5 aromatic carbocycles. The summed E-state index contributed by atoms with van der Waals surface area (Å²) < 4.78 is 13.3. The maximum Gasteiger partial charge on any atom is 0.271 e. The Morgan fingerprint density at radius 3 is 2.27 bits per heavy atom. The molecule has 0 radical (unpaired) electrons. The van der Waals surface area contributed by atoms with E-state index in [1.54, 1.807) is 0 Å². The molecule has 2 fully saturated rings. The van der Waals surface area contributed by atoms with Crippen LogP contribution >= 0.6 is 11.6 Å². The summed E-state index contributed by atoms with van der Waals surface area (Å²) in [7, 11) is 0. The Bertz CT molecular complexity index is 2240. The molecular weight excluding hydrogens is 712 g/mol. The highest BCUT2D eigenvalue weighted by atomic mass is 35.5. The molecule has 1 amide bonds. The molecule has 6 aromatic rings. The summed E-state index contributed by atoms with van der Waals surface area (Å²) in [5.41, 5.74) is 7.48. The number of aromatic nitrogens is 2. The van der Waals surface area contributed by atoms with Crippen molar-refractivity contribution in [3.63, 3.8) is 0 Å². The van der Waals surface area contributed by atoms with Crippen LogP contribution in [0.3, 0.4) is 0 Å². The Morgan fingerprint density at radius 1 is 0.836 bits per heavy atom. The second-order valence-electron chi connectivity index (χ2n) is 14.4. The van der Waals surface area contributed by atoms with Crippen molar-refractivity contribution < 1.29 is 24.5 Å². The van der Waals surface area contributed by atoms with E-state index in [9.17, 15) is 15.0 Å². The van der Waals surface area contributed by atoms with E-state index in [4.69, 9.17) is 21.1 Å². The Balaban J connectivity index is 0.963. The van der Waals surface area contributed by atoms with Crippen molar-refractivity contribution in [3.8, 4) is 11.1 Å². The number of amides is 1. The summed E-state index contributed by atoms with van der Waals surface area (Å²) in [5.74, 6) is -0.285. The molecule has 10 heteroatoms. The number of aliphatic hydroxyl groups is 2. The summed E-state index contributed by atoms with van der Waals surface area (Å²) >= 11 is 6.11. The van der Waals surface area contributed by atoms with Gasteiger partial charge < -0.3 is 29.9 Å². The van der Waals surface area contributed by atoms with Crippen LogP contribution in [0, 0.1) is 0 Å². The van der Waals surface area contributed by atoms with Crippen molar-refractivity contribution in [2.75, 3.05) is 19.6 Å². The third-order valence-corrected chi connectivity index (χ3v) is 11.0. The summed E-state index contributed by atoms with van der Waals surface area (Å²) in [6, 6.07) is 39.1. The number of ether oxygens (including phenoxy) is 2. The number of hydrogen-bond donors (Lipinski definition) is 3. The molecule has 3 N–H and O–H groups in total. The molecule has 0 saturated carbocycles. The SMILES string of the molecule is O=C(NCc1ccccc1-c1ccc(C2OC(CN3CCC(O)(c4ccc(Cl)cc4)CC3)CC(c3ccc(CO)cc3)O2)cc1)c1cnc2ccccc2n1. The fourth-order valence-corrected chi connectivity index (χ4v) is 7.71. The molecule has 3 unspecified atom stereocenters. The average Bonchev–Trinajstić information content (AvgIpc) is 3.24. The molecule has 1 aromatic heterocycles. The number of nitrogens with zero attached hydrogens (tertiary/aromatic N) is 3. The van der Waals surface area contributed by atoms with Gasteiger partial charge in [-0.05, 0) is 70.5 Å². The Labute approximate surface area is 325 Å². The van der Waals surface area contributed by atoms with E-state index >= 15 is 0 Å². The van der Waals surface area contributed by atoms with E-state index < -0.39 is 11.9 Å². The van der Waals surface area contributed by atoms with Crippen LogP contribution in [-0.2, 0) is 28.2 Å². The Morgan fingerprint density at radius 2 is 1.53 bits per heavy atom. The molecule has 3 heterocycles. The highest BCUT2D eigenvalue weighted by Gasteiger charge is 2.37. The lowest BCUT2D eigenvalue weighted by Gasteiger charge is -2.42. The number of halogens is 1. The van der Waals surface area contributed by atoms with Gasteiger partial charge in [0.25, 0.3) is 5.91 Å². The standard InChI is InChI=1S/C45H43ClN4O5/c46-36-19-17-35(18-20-36)45(53)21-23-50(24-22-45)28-37-25-42(32-11-9-30(29-51)10-12-32)55-44(54-37)33-15-13-31(14-16-33)38-6-2-1-5-34(38)26-48-43(52)41-27-47-39-7-3-4-8-40(39)49-41/h1-20,27,37,42,44,51,53H,21-26,28-29H2,(H,48,52). The molecule has 55 heavy (non-hydrogen) atoms. The number of para-hydroxylation sites is 2. The van der Waals surface area contributed by atoms with E-state index in [0.29, 0.717) is 42.9 Å². The molecular formula is C45H43ClN4O5. The lowest BCUT2D eigenvalue weighted by atomic mass is 9.84. The third kappa shape index (κ3) is 8.48. The first-order valence-electron chi connectivity index (χ1n) is 18.7. The lowest BCUT2D eigenvalue weighted by molar-refractivity contribution is -0.253. The third-order valence-electron chi connectivity index (χ3n) is 10.8. The molecule has 0 spiro atoms. The number of nitrogens with one attached hydrogen (secondary N) is 1. The topological polar surface area (TPSA) is 117 Å². The molecule has 2 aliphatic heterocycles. The smallest absolute Gasteiger partial charge is 0.271 e. The normalized spacial score (nSPS) is 19.9. The monoisotopic (exact) mass is 754 g/mol. The minimum Gasteiger partial charge on any atom is -0.392 e. The molecule has 9 nitrogen and oxygen atoms in total. The molecule has 2 aliphatic rings. The quantitative estimate of drug-likeness (QED) is 0.129. The van der Waals surface area contributed by atoms with E-state index in [1.165, 1.54) is 6.20 Å². The number of aliphatic hydroxyl groups excluding tert-OH is 1. The summed E-state index contributed by atoms with van der Waals surface area (Å²) in [6.07, 6.45) is 2.52. The number of rotatable bonds is 10. The predicted molar refractivity (Wildman–Crippen MR) is 212 cm³/mol. The number of likely N-dealkylation sites (tertiary alicyclic amines) is 1. The molecule has 280 valence electrons. The fraction of sp³-hybridized carbons (Fsp3) is 0.267. The second-order valence-corrected chi connectivity index (χ2v) is 14.8. The predicted octanol–water partition coefficient (Wildman–Crippen LogP) is 7.90. The minimum atomic E-state index is -0.880. The first kappa shape index (κ1) is 36.9. The van der Waals surface area contributed by atoms with Crippen LogP contribution in [0.5, 0.6) is 0 Å². The van der Waals surface area contributed by atoms with Gasteiger partial charge in [0.2, 0.25) is 0 Å². The van der Waals surface area contributed by atoms with Crippen LogP contribution in [0.4, 0.5) is 0 Å². The number of hydrogen-bond acceptors (Lipinski definition) is 8. The second kappa shape index (κ2) is 16.4. The van der Waals surface area contributed by atoms with Gasteiger partial charge in [-0.3, -0.25) is 9.78 Å². The largest absolute Gasteiger partial charge is 0.392 e. The van der Waals surface area contributed by atoms with Crippen molar-refractivity contribution in [1.29, 1.82) is 0 Å². The maximum absolute atomic E-state index is 13.1. The van der Waals surface area contributed by atoms with Gasteiger partial charge in [0.15, 0.2) is 6.29 Å². The number of carbonyl (C=O) groups excluding carboxylic acids is 1. The van der Waals surface area contributed by atoms with Crippen molar-refractivity contribution in [3.05, 3.63) is 166 Å². The van der Waals surface area contributed by atoms with Crippen LogP contribution in [0.1, 0.15) is 70.0 Å². The summed E-state index contributed by atoms with van der Waals surface area (Å²) in [5, 5.41) is 24.8. The zero-order chi connectivity index (χ0) is 37.8. The van der Waals surface area contributed by atoms with Crippen molar-refractivity contribution >= 4 is 28.5 Å². The number of benzene rings is 5. The maximum atomic E-state index is 13.1. The van der Waals surface area contributed by atoms with Gasteiger partial charge in [-0.2, -0.15) is 0 Å². The van der Waals surface area contributed by atoms with Gasteiger partial charge in [-0.25, -0.2) is 4.98 Å². The highest BCUT2D eigenvalue weighted by molar-refractivity contribution is 6.30. The van der Waals surface area contributed by atoms with Crippen LogP contribution in [0.25, 0.3) is 22.2 Å². The van der Waals surface area contributed by atoms with Crippen LogP contribution in [-0.4, -0.2) is 56.7 Å². The van der Waals surface area contributed by atoms with Gasteiger partial charge >= 0.3 is 0 Å². The molecule has 0 aliphatic carbocycles. The summed E-state index contributed by atoms with van der Waals surface area (Å²) in [6.45, 7) is 2.50. The Hall–Kier alpha value is -5.00. The summed E-state index contributed by atoms with van der Waals surface area (Å²) in [4.78, 5) is 24.3. The van der Waals surface area contributed by atoms with Crippen molar-refractivity contribution in [2.24, 2.45) is 0 Å². The van der Waals surface area contributed by atoms with E-state index in [0.717, 1.165) is 57.6 Å². The fourth-order valence-electron chi connectivity index (χ4n) is 7.58. The first-order chi connectivity index (χ1) is 26.8. The molecule has 0 bridgehead atoms. The van der Waals surface area contributed by atoms with Crippen LogP contribution in [0.2, 0.25) is 5.02 Å². The molecule has 8 rings (SSSR count). The van der Waals surface area contributed by atoms with Crippen LogP contribution in [0.15, 0.2) is 128 Å². The van der Waals surface area contributed by atoms with E-state index in [1.807, 2.05) is 103 Å². The average molecular weight is 755 g/mol. The van der Waals surface area contributed by atoms with Gasteiger partial charge in [0.1, 0.15) is 5.69 Å².